The lowest BCUT2D eigenvalue weighted by Gasteiger charge is -2.34. The summed E-state index contributed by atoms with van der Waals surface area (Å²) in [4.78, 5) is 41.2. The van der Waals surface area contributed by atoms with Crippen molar-refractivity contribution in [3.63, 3.8) is 0 Å². The van der Waals surface area contributed by atoms with Crippen LogP contribution in [0.5, 0.6) is 0 Å². The minimum absolute atomic E-state index is 0.0141. The van der Waals surface area contributed by atoms with Gasteiger partial charge < -0.3 is 15.0 Å². The molecule has 2 N–H and O–H groups in total. The van der Waals surface area contributed by atoms with Gasteiger partial charge in [-0.1, -0.05) is 13.3 Å². The van der Waals surface area contributed by atoms with E-state index in [1.165, 1.54) is 35.6 Å². The molecule has 1 fully saturated rings. The molecule has 38 heavy (non-hydrogen) atoms. The van der Waals surface area contributed by atoms with Crippen LogP contribution in [0.15, 0.2) is 29.2 Å². The third-order valence-electron chi connectivity index (χ3n) is 6.96. The number of fused-ring (bicyclic) bond motifs is 1. The first kappa shape index (κ1) is 28.2. The first-order valence-electron chi connectivity index (χ1n) is 12.9. The van der Waals surface area contributed by atoms with E-state index in [0.717, 1.165) is 42.7 Å². The predicted molar refractivity (Wildman–Crippen MR) is 145 cm³/mol. The maximum absolute atomic E-state index is 13.3. The van der Waals surface area contributed by atoms with Crippen LogP contribution in [0.2, 0.25) is 0 Å². The molecule has 1 aromatic heterocycles. The van der Waals surface area contributed by atoms with E-state index in [4.69, 9.17) is 4.74 Å². The summed E-state index contributed by atoms with van der Waals surface area (Å²) in [5.41, 5.74) is 1.32. The number of imide groups is 1. The monoisotopic (exact) mass is 562 g/mol. The molecule has 1 atom stereocenters. The Morgan fingerprint density at radius 2 is 1.82 bits per heavy atom. The van der Waals surface area contributed by atoms with Gasteiger partial charge in [0, 0.05) is 36.1 Å². The lowest BCUT2D eigenvalue weighted by molar-refractivity contribution is 0.0924. The number of rotatable bonds is 7. The fourth-order valence-corrected chi connectivity index (χ4v) is 8.06. The van der Waals surface area contributed by atoms with Gasteiger partial charge in [0.05, 0.1) is 17.1 Å². The average molecular weight is 563 g/mol. The Kier molecular flexibility index (Phi) is 8.86. The predicted octanol–water partition coefficient (Wildman–Crippen LogP) is 3.83. The van der Waals surface area contributed by atoms with Crippen LogP contribution in [0.1, 0.15) is 70.7 Å². The van der Waals surface area contributed by atoms with Crippen LogP contribution in [0.4, 0.5) is 9.80 Å². The molecule has 0 saturated carbocycles. The van der Waals surface area contributed by atoms with Gasteiger partial charge in [-0.15, -0.1) is 11.3 Å². The Balaban J connectivity index is 1.56. The number of carbonyl (C=O) groups is 3. The molecular weight excluding hydrogens is 528 g/mol. The number of hydrogen-bond acceptors (Lipinski definition) is 8. The van der Waals surface area contributed by atoms with Gasteiger partial charge in [0.15, 0.2) is 0 Å². The maximum Gasteiger partial charge on any atom is 0.414 e. The molecule has 1 aromatic carbocycles. The van der Waals surface area contributed by atoms with Gasteiger partial charge in [-0.25, -0.2) is 13.2 Å². The fraction of sp³-hybridized carbons (Fsp3) is 0.500. The summed E-state index contributed by atoms with van der Waals surface area (Å²) in [5, 5.41) is 5.38. The number of hydrogen-bond donors (Lipinski definition) is 2. The fourth-order valence-electron chi connectivity index (χ4n) is 4.97. The highest BCUT2D eigenvalue weighted by Crippen LogP contribution is 2.37. The molecule has 0 aliphatic carbocycles. The van der Waals surface area contributed by atoms with Crippen molar-refractivity contribution in [1.82, 2.24) is 14.5 Å². The van der Waals surface area contributed by atoms with Gasteiger partial charge in [-0.05, 0) is 69.5 Å². The second-order valence-electron chi connectivity index (χ2n) is 9.52. The smallest absolute Gasteiger partial charge is 0.414 e. The summed E-state index contributed by atoms with van der Waals surface area (Å²) >= 11 is 1.30. The first-order valence-corrected chi connectivity index (χ1v) is 15.2. The number of alkyl carbamates (subject to hydrolysis) is 1. The number of ether oxygens (including phenoxy) is 1. The summed E-state index contributed by atoms with van der Waals surface area (Å²) < 4.78 is 32.9. The normalized spacial score (nSPS) is 18.4. The van der Waals surface area contributed by atoms with Gasteiger partial charge >= 0.3 is 6.09 Å². The lowest BCUT2D eigenvalue weighted by atomic mass is 10.0. The van der Waals surface area contributed by atoms with E-state index in [-0.39, 0.29) is 28.7 Å². The van der Waals surface area contributed by atoms with Crippen LogP contribution in [0.3, 0.4) is 0 Å². The Morgan fingerprint density at radius 3 is 2.50 bits per heavy atom. The molecule has 0 bridgehead atoms. The van der Waals surface area contributed by atoms with Crippen molar-refractivity contribution >= 4 is 44.3 Å². The highest BCUT2D eigenvalue weighted by Gasteiger charge is 2.33. The van der Waals surface area contributed by atoms with Gasteiger partial charge in [0.2, 0.25) is 10.0 Å². The van der Waals surface area contributed by atoms with Gasteiger partial charge in [-0.3, -0.25) is 14.9 Å². The first-order chi connectivity index (χ1) is 18.1. The summed E-state index contributed by atoms with van der Waals surface area (Å²) in [6.07, 6.45) is 3.22. The molecule has 12 heteroatoms. The van der Waals surface area contributed by atoms with Crippen LogP contribution in [-0.2, 0) is 27.7 Å². The molecule has 4 rings (SSSR count). The van der Waals surface area contributed by atoms with Crippen LogP contribution in [0, 0.1) is 0 Å². The van der Waals surface area contributed by atoms with E-state index >= 15 is 0 Å². The molecule has 3 amide bonds. The van der Waals surface area contributed by atoms with Crippen molar-refractivity contribution in [2.24, 2.45) is 0 Å². The second kappa shape index (κ2) is 11.9. The molecule has 2 aromatic rings. The standard InChI is InChI=1S/C26H34N4O6S2/c1-4-18-8-6-7-14-30(18)38(34,35)19-11-9-17(10-12-19)23(31)27-25-22(24(32)28-26(33)36-5-2)20-13-15-29(3)16-21(20)37-25/h9-12,18H,4-8,13-16H2,1-3H3,(H,27,31)(H,28,32,33). The number of thiophene rings is 1. The largest absolute Gasteiger partial charge is 0.450 e. The molecule has 1 saturated heterocycles. The summed E-state index contributed by atoms with van der Waals surface area (Å²) in [6, 6.07) is 5.85. The van der Waals surface area contributed by atoms with Crippen LogP contribution >= 0.6 is 11.3 Å². The summed E-state index contributed by atoms with van der Waals surface area (Å²) in [6.45, 7) is 5.62. The van der Waals surface area contributed by atoms with Gasteiger partial charge in [0.25, 0.3) is 11.8 Å². The van der Waals surface area contributed by atoms with Crippen molar-refractivity contribution in [1.29, 1.82) is 0 Å². The number of benzene rings is 1. The maximum atomic E-state index is 13.3. The number of piperidine rings is 1. The average Bonchev–Trinajstić information content (AvgIpc) is 3.25. The van der Waals surface area contributed by atoms with Crippen LogP contribution in [0.25, 0.3) is 0 Å². The Bertz CT molecular complexity index is 1310. The molecule has 206 valence electrons. The van der Waals surface area contributed by atoms with E-state index in [1.54, 1.807) is 11.2 Å². The number of nitrogens with zero attached hydrogens (tertiary/aromatic N) is 2. The highest BCUT2D eigenvalue weighted by atomic mass is 32.2. The van der Waals surface area contributed by atoms with Gasteiger partial charge in [-0.2, -0.15) is 4.31 Å². The topological polar surface area (TPSA) is 125 Å². The molecule has 0 spiro atoms. The third kappa shape index (κ3) is 5.93. The third-order valence-corrected chi connectivity index (χ3v) is 10.1. The Morgan fingerprint density at radius 1 is 1.08 bits per heavy atom. The quantitative estimate of drug-likeness (QED) is 0.525. The van der Waals surface area contributed by atoms with E-state index in [9.17, 15) is 22.8 Å². The molecular formula is C26H34N4O6S2. The minimum Gasteiger partial charge on any atom is -0.450 e. The van der Waals surface area contributed by atoms with Crippen molar-refractivity contribution in [3.05, 3.63) is 45.8 Å². The number of sulfonamides is 1. The molecule has 3 heterocycles. The second-order valence-corrected chi connectivity index (χ2v) is 12.5. The summed E-state index contributed by atoms with van der Waals surface area (Å²) in [5.74, 6) is -1.11. The van der Waals surface area contributed by atoms with Crippen LogP contribution in [-0.4, -0.2) is 68.3 Å². The van der Waals surface area contributed by atoms with Gasteiger partial charge in [0.1, 0.15) is 5.00 Å². The minimum atomic E-state index is -3.66. The highest BCUT2D eigenvalue weighted by molar-refractivity contribution is 7.89. The SMILES string of the molecule is CCOC(=O)NC(=O)c1c(NC(=O)c2ccc(S(=O)(=O)N3CCCCC3CC)cc2)sc2c1CCN(C)C2. The zero-order valence-corrected chi connectivity index (χ0v) is 23.5. The number of nitrogens with one attached hydrogen (secondary N) is 2. The molecule has 0 radical (unpaired) electrons. The van der Waals surface area contributed by atoms with E-state index < -0.39 is 27.9 Å². The zero-order valence-electron chi connectivity index (χ0n) is 21.9. The van der Waals surface area contributed by atoms with Crippen LogP contribution < -0.4 is 10.6 Å². The zero-order chi connectivity index (χ0) is 27.4. The van der Waals surface area contributed by atoms with Crippen molar-refractivity contribution < 1.29 is 27.5 Å². The number of amides is 3. The Labute approximate surface area is 227 Å². The number of anilines is 1. The molecule has 2 aliphatic rings. The Hall–Kier alpha value is -2.80. The number of carbonyl (C=O) groups excluding carboxylic acids is 3. The molecule has 1 unspecified atom stereocenters. The van der Waals surface area contributed by atoms with E-state index in [2.05, 4.69) is 15.5 Å². The molecule has 10 nitrogen and oxygen atoms in total. The summed E-state index contributed by atoms with van der Waals surface area (Å²) in [7, 11) is -1.69. The molecule has 2 aliphatic heterocycles. The van der Waals surface area contributed by atoms with Crippen molar-refractivity contribution in [2.45, 2.75) is 63.4 Å². The number of likely N-dealkylation sites (N-methyl/N-ethyl adjacent to an activating group) is 1. The lowest BCUT2D eigenvalue weighted by Crippen LogP contribution is -2.43. The van der Waals surface area contributed by atoms with Crippen molar-refractivity contribution in [3.8, 4) is 0 Å². The van der Waals surface area contributed by atoms with E-state index in [0.29, 0.717) is 24.5 Å². The van der Waals surface area contributed by atoms with E-state index in [1.807, 2.05) is 14.0 Å². The van der Waals surface area contributed by atoms with Crippen molar-refractivity contribution in [2.75, 3.05) is 32.1 Å².